The van der Waals surface area contributed by atoms with Gasteiger partial charge in [0.2, 0.25) is 0 Å². The maximum atomic E-state index is 12.4. The van der Waals surface area contributed by atoms with Gasteiger partial charge in [0.15, 0.2) is 5.03 Å². The minimum absolute atomic E-state index is 0.0818. The summed E-state index contributed by atoms with van der Waals surface area (Å²) in [7, 11) is -0.249. The van der Waals surface area contributed by atoms with E-state index in [1.54, 1.807) is 26.2 Å². The van der Waals surface area contributed by atoms with Gasteiger partial charge in [0.05, 0.1) is 5.69 Å². The van der Waals surface area contributed by atoms with E-state index in [9.17, 15) is 8.42 Å². The van der Waals surface area contributed by atoms with E-state index in [1.165, 1.54) is 10.5 Å². The lowest BCUT2D eigenvalue weighted by Crippen LogP contribution is -2.32. The zero-order valence-electron chi connectivity index (χ0n) is 11.3. The molecule has 1 rings (SSSR count). The van der Waals surface area contributed by atoms with Crippen LogP contribution in [0.3, 0.4) is 0 Å². The van der Waals surface area contributed by atoms with Crippen molar-refractivity contribution in [3.63, 3.8) is 0 Å². The molecule has 1 unspecified atom stereocenters. The average Bonchev–Trinajstić information content (AvgIpc) is 2.38. The van der Waals surface area contributed by atoms with Crippen molar-refractivity contribution < 1.29 is 8.42 Å². The normalized spacial score (nSPS) is 13.6. The fourth-order valence-electron chi connectivity index (χ4n) is 1.60. The summed E-state index contributed by atoms with van der Waals surface area (Å²) in [6.07, 6.45) is 2.44. The lowest BCUT2D eigenvalue weighted by molar-refractivity contribution is 0.392. The van der Waals surface area contributed by atoms with E-state index in [0.717, 1.165) is 6.42 Å². The Morgan fingerprint density at radius 2 is 2.17 bits per heavy atom. The third-order valence-electron chi connectivity index (χ3n) is 2.96. The van der Waals surface area contributed by atoms with Crippen LogP contribution in [-0.2, 0) is 10.0 Å². The van der Waals surface area contributed by atoms with Crippen molar-refractivity contribution in [3.8, 4) is 0 Å². The minimum Gasteiger partial charge on any atom is -0.386 e. The summed E-state index contributed by atoms with van der Waals surface area (Å²) in [5.74, 6) is 0.325. The van der Waals surface area contributed by atoms with Crippen LogP contribution in [0, 0.1) is 5.92 Å². The van der Waals surface area contributed by atoms with Crippen LogP contribution in [0.25, 0.3) is 0 Å². The first-order valence-corrected chi connectivity index (χ1v) is 7.46. The third kappa shape index (κ3) is 3.20. The summed E-state index contributed by atoms with van der Waals surface area (Å²) in [6.45, 7) is 4.58. The SMILES string of the molecule is CCC(C)CN(C)S(=O)(=O)c1ncccc1NC. The van der Waals surface area contributed by atoms with Crippen LogP contribution in [0.2, 0.25) is 0 Å². The van der Waals surface area contributed by atoms with Crippen molar-refractivity contribution in [2.45, 2.75) is 25.3 Å². The molecule has 6 heteroatoms. The summed E-state index contributed by atoms with van der Waals surface area (Å²) in [5, 5.41) is 2.94. The van der Waals surface area contributed by atoms with E-state index in [2.05, 4.69) is 10.3 Å². The largest absolute Gasteiger partial charge is 0.386 e. The summed E-state index contributed by atoms with van der Waals surface area (Å²) >= 11 is 0. The van der Waals surface area contributed by atoms with Gasteiger partial charge in [0.25, 0.3) is 10.0 Å². The highest BCUT2D eigenvalue weighted by atomic mass is 32.2. The zero-order chi connectivity index (χ0) is 13.8. The van der Waals surface area contributed by atoms with E-state index < -0.39 is 10.0 Å². The fraction of sp³-hybridized carbons (Fsp3) is 0.583. The quantitative estimate of drug-likeness (QED) is 0.857. The molecule has 0 fully saturated rings. The molecule has 0 aliphatic rings. The van der Waals surface area contributed by atoms with Gasteiger partial charge < -0.3 is 5.32 Å². The van der Waals surface area contributed by atoms with Gasteiger partial charge >= 0.3 is 0 Å². The smallest absolute Gasteiger partial charge is 0.262 e. The Morgan fingerprint density at radius 3 is 2.72 bits per heavy atom. The molecule has 1 aromatic rings. The van der Waals surface area contributed by atoms with Gasteiger partial charge in [-0.25, -0.2) is 13.4 Å². The average molecular weight is 271 g/mol. The highest BCUT2D eigenvalue weighted by molar-refractivity contribution is 7.89. The predicted molar refractivity (Wildman–Crippen MR) is 73.1 cm³/mol. The lowest BCUT2D eigenvalue weighted by atomic mass is 10.1. The molecular formula is C12H21N3O2S. The maximum Gasteiger partial charge on any atom is 0.262 e. The molecule has 0 saturated carbocycles. The van der Waals surface area contributed by atoms with E-state index in [4.69, 9.17) is 0 Å². The Kier molecular flexibility index (Phi) is 5.10. The molecule has 0 bridgehead atoms. The fourth-order valence-corrected chi connectivity index (χ4v) is 2.99. The highest BCUT2D eigenvalue weighted by Gasteiger charge is 2.25. The topological polar surface area (TPSA) is 62.3 Å². The number of sulfonamides is 1. The van der Waals surface area contributed by atoms with Crippen molar-refractivity contribution in [2.24, 2.45) is 5.92 Å². The number of hydrogen-bond acceptors (Lipinski definition) is 4. The Balaban J connectivity index is 3.05. The number of nitrogens with one attached hydrogen (secondary N) is 1. The first-order valence-electron chi connectivity index (χ1n) is 6.02. The van der Waals surface area contributed by atoms with E-state index in [1.807, 2.05) is 13.8 Å². The van der Waals surface area contributed by atoms with Gasteiger partial charge in [0, 0.05) is 26.8 Å². The molecule has 5 nitrogen and oxygen atoms in total. The predicted octanol–water partition coefficient (Wildman–Crippen LogP) is 1.79. The number of hydrogen-bond donors (Lipinski definition) is 1. The standard InChI is InChI=1S/C12H21N3O2S/c1-5-10(2)9-15(4)18(16,17)12-11(13-3)7-6-8-14-12/h6-8,10,13H,5,9H2,1-4H3. The summed E-state index contributed by atoms with van der Waals surface area (Å²) in [6, 6.07) is 3.41. The van der Waals surface area contributed by atoms with Gasteiger partial charge in [-0.05, 0) is 18.1 Å². The first kappa shape index (κ1) is 14.9. The monoisotopic (exact) mass is 271 g/mol. The van der Waals surface area contributed by atoms with Crippen LogP contribution < -0.4 is 5.32 Å². The molecule has 0 radical (unpaired) electrons. The Morgan fingerprint density at radius 1 is 1.50 bits per heavy atom. The van der Waals surface area contributed by atoms with Gasteiger partial charge in [-0.15, -0.1) is 0 Å². The third-order valence-corrected chi connectivity index (χ3v) is 4.74. The van der Waals surface area contributed by atoms with Crippen LogP contribution >= 0.6 is 0 Å². The number of anilines is 1. The number of nitrogens with zero attached hydrogens (tertiary/aromatic N) is 2. The Labute approximate surface area is 109 Å². The van der Waals surface area contributed by atoms with Crippen LogP contribution in [0.5, 0.6) is 0 Å². The molecule has 0 aliphatic carbocycles. The second kappa shape index (κ2) is 6.15. The summed E-state index contributed by atoms with van der Waals surface area (Å²) in [4.78, 5) is 3.98. The lowest BCUT2D eigenvalue weighted by Gasteiger charge is -2.21. The van der Waals surface area contributed by atoms with Crippen molar-refractivity contribution in [2.75, 3.05) is 26.0 Å². The molecule has 0 spiro atoms. The summed E-state index contributed by atoms with van der Waals surface area (Å²) in [5.41, 5.74) is 0.522. The van der Waals surface area contributed by atoms with Crippen LogP contribution in [0.1, 0.15) is 20.3 Å². The van der Waals surface area contributed by atoms with Crippen molar-refractivity contribution in [1.82, 2.24) is 9.29 Å². The van der Waals surface area contributed by atoms with E-state index in [-0.39, 0.29) is 5.03 Å². The molecule has 0 saturated heterocycles. The number of rotatable bonds is 6. The zero-order valence-corrected chi connectivity index (χ0v) is 12.2. The van der Waals surface area contributed by atoms with Gasteiger partial charge in [-0.2, -0.15) is 4.31 Å². The second-order valence-electron chi connectivity index (χ2n) is 4.41. The van der Waals surface area contributed by atoms with Crippen molar-refractivity contribution in [3.05, 3.63) is 18.3 Å². The van der Waals surface area contributed by atoms with Gasteiger partial charge in [-0.1, -0.05) is 20.3 Å². The van der Waals surface area contributed by atoms with Crippen LogP contribution in [-0.4, -0.2) is 38.3 Å². The van der Waals surface area contributed by atoms with E-state index >= 15 is 0 Å². The number of pyridine rings is 1. The molecule has 1 aromatic heterocycles. The molecular weight excluding hydrogens is 250 g/mol. The van der Waals surface area contributed by atoms with Crippen molar-refractivity contribution >= 4 is 15.7 Å². The van der Waals surface area contributed by atoms with Crippen molar-refractivity contribution in [1.29, 1.82) is 0 Å². The Hall–Kier alpha value is -1.14. The van der Waals surface area contributed by atoms with E-state index in [0.29, 0.717) is 18.2 Å². The molecule has 1 heterocycles. The van der Waals surface area contributed by atoms with Crippen LogP contribution in [0.15, 0.2) is 23.4 Å². The Bertz CT molecular complexity index is 488. The molecule has 0 aromatic carbocycles. The molecule has 102 valence electrons. The molecule has 0 amide bonds. The van der Waals surface area contributed by atoms with Crippen LogP contribution in [0.4, 0.5) is 5.69 Å². The molecule has 1 atom stereocenters. The summed E-state index contributed by atoms with van der Waals surface area (Å²) < 4.78 is 26.1. The highest BCUT2D eigenvalue weighted by Crippen LogP contribution is 2.21. The van der Waals surface area contributed by atoms with Gasteiger partial charge in [0.1, 0.15) is 0 Å². The number of aromatic nitrogens is 1. The maximum absolute atomic E-state index is 12.4. The second-order valence-corrected chi connectivity index (χ2v) is 6.37. The first-order chi connectivity index (χ1) is 8.43. The molecule has 18 heavy (non-hydrogen) atoms. The minimum atomic E-state index is -3.53. The van der Waals surface area contributed by atoms with Gasteiger partial charge in [-0.3, -0.25) is 0 Å². The molecule has 1 N–H and O–H groups in total. The molecule has 0 aliphatic heterocycles.